The van der Waals surface area contributed by atoms with Crippen molar-refractivity contribution >= 4 is 16.9 Å². The molecular weight excluding hydrogens is 306 g/mol. The molecule has 2 rings (SSSR count). The van der Waals surface area contributed by atoms with E-state index < -0.39 is 5.97 Å². The highest BCUT2D eigenvalue weighted by molar-refractivity contribution is 5.97. The van der Waals surface area contributed by atoms with E-state index in [9.17, 15) is 15.0 Å². The second kappa shape index (κ2) is 8.34. The highest BCUT2D eigenvalue weighted by Crippen LogP contribution is 2.35. The van der Waals surface area contributed by atoms with Crippen molar-refractivity contribution in [1.29, 1.82) is 0 Å². The number of para-hydroxylation sites is 1. The first-order chi connectivity index (χ1) is 11.6. The number of carboxylic acids is 1. The van der Waals surface area contributed by atoms with Crippen molar-refractivity contribution in [2.45, 2.75) is 39.0 Å². The molecule has 2 N–H and O–H groups in total. The lowest BCUT2D eigenvalue weighted by Gasteiger charge is -2.13. The van der Waals surface area contributed by atoms with Crippen molar-refractivity contribution in [1.82, 2.24) is 4.98 Å². The summed E-state index contributed by atoms with van der Waals surface area (Å²) in [4.78, 5) is 15.7. The molecule has 1 aromatic carbocycles. The molecule has 0 atom stereocenters. The number of aromatic carboxylic acids is 1. The molecule has 0 fully saturated rings. The Morgan fingerprint density at radius 2 is 2.12 bits per heavy atom. The van der Waals surface area contributed by atoms with Gasteiger partial charge in [-0.3, -0.25) is 0 Å². The Morgan fingerprint density at radius 1 is 1.33 bits per heavy atom. The van der Waals surface area contributed by atoms with Crippen LogP contribution in [0.3, 0.4) is 0 Å². The molecule has 0 aliphatic carbocycles. The summed E-state index contributed by atoms with van der Waals surface area (Å²) in [6.45, 7) is 6.29. The van der Waals surface area contributed by atoms with Crippen LogP contribution in [0.15, 0.2) is 30.9 Å². The summed E-state index contributed by atoms with van der Waals surface area (Å²) in [5.74, 6) is -0.762. The first-order valence-electron chi connectivity index (χ1n) is 8.21. The molecular formula is C19H23NO4. The van der Waals surface area contributed by atoms with Crippen molar-refractivity contribution in [2.24, 2.45) is 0 Å². The van der Waals surface area contributed by atoms with Crippen LogP contribution in [-0.2, 0) is 6.42 Å². The van der Waals surface area contributed by atoms with Crippen molar-refractivity contribution in [2.75, 3.05) is 6.61 Å². The fourth-order valence-corrected chi connectivity index (χ4v) is 2.62. The Labute approximate surface area is 141 Å². The van der Waals surface area contributed by atoms with Crippen molar-refractivity contribution < 1.29 is 19.7 Å². The van der Waals surface area contributed by atoms with Gasteiger partial charge in [-0.15, -0.1) is 6.58 Å². The lowest BCUT2D eigenvalue weighted by molar-refractivity contribution is 0.0689. The van der Waals surface area contributed by atoms with Crippen LogP contribution in [0.1, 0.15) is 48.7 Å². The van der Waals surface area contributed by atoms with E-state index in [0.29, 0.717) is 23.3 Å². The summed E-state index contributed by atoms with van der Waals surface area (Å²) >= 11 is 0. The van der Waals surface area contributed by atoms with Gasteiger partial charge in [0.05, 0.1) is 6.61 Å². The second-order valence-electron chi connectivity index (χ2n) is 5.65. The van der Waals surface area contributed by atoms with Gasteiger partial charge in [0.2, 0.25) is 0 Å². The Hall–Kier alpha value is -2.56. The molecule has 1 aromatic heterocycles. The van der Waals surface area contributed by atoms with Crippen LogP contribution in [0.4, 0.5) is 0 Å². The molecule has 0 saturated carbocycles. The first kappa shape index (κ1) is 17.8. The average molecular weight is 329 g/mol. The Bertz CT molecular complexity index is 740. The number of fused-ring (bicyclic) bond motifs is 1. The zero-order valence-corrected chi connectivity index (χ0v) is 13.9. The van der Waals surface area contributed by atoms with Crippen molar-refractivity contribution in [3.63, 3.8) is 0 Å². The number of rotatable bonds is 9. The molecule has 2 aromatic rings. The summed E-state index contributed by atoms with van der Waals surface area (Å²) in [6, 6.07) is 5.22. The standard InChI is InChI=1S/C19H23NO4/c1-3-5-6-7-12-24-15-11-8-10-14-16(15)20-17(19(22)23)13(9-4-2)18(14)21/h4,8,10-11H,2-3,5-7,9,12H2,1H3,(H,20,21)(H,22,23). The number of aromatic hydroxyl groups is 1. The van der Waals surface area contributed by atoms with E-state index in [1.54, 1.807) is 24.3 Å². The second-order valence-corrected chi connectivity index (χ2v) is 5.65. The van der Waals surface area contributed by atoms with Crippen molar-refractivity contribution in [3.05, 3.63) is 42.1 Å². The Morgan fingerprint density at radius 3 is 2.79 bits per heavy atom. The summed E-state index contributed by atoms with van der Waals surface area (Å²) in [6.07, 6.45) is 6.10. The van der Waals surface area contributed by atoms with E-state index >= 15 is 0 Å². The monoisotopic (exact) mass is 329 g/mol. The van der Waals surface area contributed by atoms with Gasteiger partial charge in [0.1, 0.15) is 17.0 Å². The van der Waals surface area contributed by atoms with Crippen LogP contribution in [-0.4, -0.2) is 27.8 Å². The maximum atomic E-state index is 11.5. The van der Waals surface area contributed by atoms with Gasteiger partial charge in [0.25, 0.3) is 0 Å². The van der Waals surface area contributed by atoms with Crippen LogP contribution < -0.4 is 4.74 Å². The van der Waals surface area contributed by atoms with Crippen LogP contribution in [0.2, 0.25) is 0 Å². The molecule has 0 amide bonds. The van der Waals surface area contributed by atoms with Crippen LogP contribution in [0.25, 0.3) is 10.9 Å². The van der Waals surface area contributed by atoms with Gasteiger partial charge in [-0.1, -0.05) is 38.3 Å². The number of pyridine rings is 1. The Kier molecular flexibility index (Phi) is 6.18. The minimum Gasteiger partial charge on any atom is -0.507 e. The molecule has 5 nitrogen and oxygen atoms in total. The zero-order chi connectivity index (χ0) is 17.5. The number of unbranched alkanes of at least 4 members (excludes halogenated alkanes) is 3. The molecule has 0 bridgehead atoms. The maximum Gasteiger partial charge on any atom is 0.354 e. The van der Waals surface area contributed by atoms with Gasteiger partial charge in [-0.2, -0.15) is 0 Å². The third-order valence-corrected chi connectivity index (χ3v) is 3.86. The minimum atomic E-state index is -1.18. The molecule has 0 aliphatic heterocycles. The molecule has 0 unspecified atom stereocenters. The number of hydrogen-bond donors (Lipinski definition) is 2. The van der Waals surface area contributed by atoms with Gasteiger partial charge in [0, 0.05) is 10.9 Å². The lowest BCUT2D eigenvalue weighted by Crippen LogP contribution is -2.07. The predicted molar refractivity (Wildman–Crippen MR) is 93.9 cm³/mol. The van der Waals surface area contributed by atoms with Crippen LogP contribution >= 0.6 is 0 Å². The van der Waals surface area contributed by atoms with Crippen LogP contribution in [0, 0.1) is 0 Å². The molecule has 5 heteroatoms. The van der Waals surface area contributed by atoms with E-state index in [4.69, 9.17) is 4.74 Å². The summed E-state index contributed by atoms with van der Waals surface area (Å²) in [7, 11) is 0. The van der Waals surface area contributed by atoms with E-state index in [1.165, 1.54) is 0 Å². The molecule has 0 spiro atoms. The van der Waals surface area contributed by atoms with E-state index in [-0.39, 0.29) is 23.4 Å². The third kappa shape index (κ3) is 3.85. The Balaban J connectivity index is 2.40. The number of aromatic nitrogens is 1. The van der Waals surface area contributed by atoms with Gasteiger partial charge >= 0.3 is 5.97 Å². The summed E-state index contributed by atoms with van der Waals surface area (Å²) in [5.41, 5.74) is 0.475. The number of nitrogens with zero attached hydrogens (tertiary/aromatic N) is 1. The van der Waals surface area contributed by atoms with E-state index in [1.807, 2.05) is 0 Å². The summed E-state index contributed by atoms with van der Waals surface area (Å²) < 4.78 is 5.77. The third-order valence-electron chi connectivity index (χ3n) is 3.86. The first-order valence-corrected chi connectivity index (χ1v) is 8.21. The smallest absolute Gasteiger partial charge is 0.354 e. The lowest BCUT2D eigenvalue weighted by atomic mass is 10.0. The molecule has 0 saturated heterocycles. The normalized spacial score (nSPS) is 10.7. The number of allylic oxidation sites excluding steroid dienone is 1. The van der Waals surface area contributed by atoms with Gasteiger partial charge in [-0.05, 0) is 25.0 Å². The zero-order valence-electron chi connectivity index (χ0n) is 13.9. The highest BCUT2D eigenvalue weighted by atomic mass is 16.5. The minimum absolute atomic E-state index is 0.0752. The quantitative estimate of drug-likeness (QED) is 0.529. The van der Waals surface area contributed by atoms with Gasteiger partial charge in [-0.25, -0.2) is 9.78 Å². The predicted octanol–water partition coefficient (Wildman–Crippen LogP) is 4.33. The van der Waals surface area contributed by atoms with E-state index in [2.05, 4.69) is 18.5 Å². The fraction of sp³-hybridized carbons (Fsp3) is 0.368. The molecule has 1 heterocycles. The molecule has 24 heavy (non-hydrogen) atoms. The maximum absolute atomic E-state index is 11.5. The SMILES string of the molecule is C=CCc1c(C(=O)O)nc2c(OCCCCCC)cccc2c1O. The number of ether oxygens (including phenoxy) is 1. The molecule has 0 radical (unpaired) electrons. The van der Waals surface area contributed by atoms with Crippen molar-refractivity contribution in [3.8, 4) is 11.5 Å². The fourth-order valence-electron chi connectivity index (χ4n) is 2.62. The number of hydrogen-bond acceptors (Lipinski definition) is 4. The van der Waals surface area contributed by atoms with E-state index in [0.717, 1.165) is 25.7 Å². The average Bonchev–Trinajstić information content (AvgIpc) is 2.57. The molecule has 128 valence electrons. The number of carboxylic acid groups (broad SMARTS) is 1. The van der Waals surface area contributed by atoms with Gasteiger partial charge < -0.3 is 14.9 Å². The van der Waals surface area contributed by atoms with Crippen LogP contribution in [0.5, 0.6) is 11.5 Å². The van der Waals surface area contributed by atoms with Gasteiger partial charge in [0.15, 0.2) is 5.69 Å². The summed E-state index contributed by atoms with van der Waals surface area (Å²) in [5, 5.41) is 20.4. The molecule has 0 aliphatic rings. The largest absolute Gasteiger partial charge is 0.507 e. The number of carbonyl (C=O) groups is 1. The highest BCUT2D eigenvalue weighted by Gasteiger charge is 2.20. The topological polar surface area (TPSA) is 79.7 Å². The number of benzene rings is 1.